The van der Waals surface area contributed by atoms with Gasteiger partial charge in [0.05, 0.1) is 13.2 Å². The Bertz CT molecular complexity index is 544. The Morgan fingerprint density at radius 3 is 2.77 bits per heavy atom. The van der Waals surface area contributed by atoms with E-state index in [1.165, 1.54) is 16.0 Å². The summed E-state index contributed by atoms with van der Waals surface area (Å²) < 4.78 is 4.87. The predicted molar refractivity (Wildman–Crippen MR) is 84.5 cm³/mol. The Kier molecular flexibility index (Phi) is 5.55. The molecule has 0 saturated heterocycles. The van der Waals surface area contributed by atoms with Gasteiger partial charge in [-0.25, -0.2) is 0 Å². The van der Waals surface area contributed by atoms with Crippen LogP contribution in [0.15, 0.2) is 24.3 Å². The highest BCUT2D eigenvalue weighted by Crippen LogP contribution is 2.49. The highest BCUT2D eigenvalue weighted by molar-refractivity contribution is 5.87. The first-order chi connectivity index (χ1) is 10.5. The minimum atomic E-state index is -0.152. The number of nitrogens with one attached hydrogen (secondary N) is 1. The highest BCUT2D eigenvalue weighted by Gasteiger charge is 2.45. The van der Waals surface area contributed by atoms with Crippen molar-refractivity contribution in [2.75, 3.05) is 33.9 Å². The van der Waals surface area contributed by atoms with Crippen molar-refractivity contribution in [3.05, 3.63) is 35.4 Å². The van der Waals surface area contributed by atoms with Crippen molar-refractivity contribution < 1.29 is 14.3 Å². The predicted octanol–water partition coefficient (Wildman–Crippen LogP) is 1.32. The second-order valence-corrected chi connectivity index (χ2v) is 5.84. The number of carbonyl (C=O) groups excluding carboxylic acids is 2. The van der Waals surface area contributed by atoms with Crippen molar-refractivity contribution in [1.82, 2.24) is 10.2 Å². The SMILES string of the molecule is COCCNC(=O)CN(C)C(=O)[C@@H]1C[C@H]1c1ccccc1C. The van der Waals surface area contributed by atoms with Crippen LogP contribution in [0.2, 0.25) is 0 Å². The molecule has 1 aromatic carbocycles. The van der Waals surface area contributed by atoms with Crippen molar-refractivity contribution in [1.29, 1.82) is 0 Å². The van der Waals surface area contributed by atoms with E-state index in [1.54, 1.807) is 14.2 Å². The first kappa shape index (κ1) is 16.5. The van der Waals surface area contributed by atoms with E-state index < -0.39 is 0 Å². The minimum Gasteiger partial charge on any atom is -0.383 e. The number of hydrogen-bond acceptors (Lipinski definition) is 3. The van der Waals surface area contributed by atoms with Crippen molar-refractivity contribution in [3.8, 4) is 0 Å². The average molecular weight is 304 g/mol. The monoisotopic (exact) mass is 304 g/mol. The lowest BCUT2D eigenvalue weighted by Crippen LogP contribution is -2.40. The van der Waals surface area contributed by atoms with E-state index in [-0.39, 0.29) is 24.3 Å². The van der Waals surface area contributed by atoms with E-state index in [0.717, 1.165) is 6.42 Å². The quantitative estimate of drug-likeness (QED) is 0.773. The van der Waals surface area contributed by atoms with Crippen LogP contribution in [-0.4, -0.2) is 50.6 Å². The zero-order valence-electron chi connectivity index (χ0n) is 13.5. The molecule has 22 heavy (non-hydrogen) atoms. The Morgan fingerprint density at radius 1 is 1.36 bits per heavy atom. The molecule has 1 aliphatic rings. The molecule has 5 nitrogen and oxygen atoms in total. The number of likely N-dealkylation sites (N-methyl/N-ethyl adjacent to an activating group) is 1. The lowest BCUT2D eigenvalue weighted by molar-refractivity contribution is -0.135. The number of nitrogens with zero attached hydrogens (tertiary/aromatic N) is 1. The molecular formula is C17H24N2O3. The summed E-state index contributed by atoms with van der Waals surface area (Å²) in [5, 5.41) is 2.72. The second kappa shape index (κ2) is 7.40. The van der Waals surface area contributed by atoms with Crippen molar-refractivity contribution in [2.45, 2.75) is 19.3 Å². The molecule has 0 unspecified atom stereocenters. The molecule has 0 spiro atoms. The van der Waals surface area contributed by atoms with Crippen LogP contribution < -0.4 is 5.32 Å². The summed E-state index contributed by atoms with van der Waals surface area (Å²) in [5.74, 6) is 0.210. The van der Waals surface area contributed by atoms with Gasteiger partial charge in [-0.2, -0.15) is 0 Å². The van der Waals surface area contributed by atoms with E-state index in [0.29, 0.717) is 19.1 Å². The highest BCUT2D eigenvalue weighted by atomic mass is 16.5. The fraction of sp³-hybridized carbons (Fsp3) is 0.529. The Balaban J connectivity index is 1.83. The van der Waals surface area contributed by atoms with Gasteiger partial charge in [-0.1, -0.05) is 24.3 Å². The summed E-state index contributed by atoms with van der Waals surface area (Å²) in [7, 11) is 3.27. The standard InChI is InChI=1S/C17H24N2O3/c1-12-6-4-5-7-13(12)14-10-15(14)17(21)19(2)11-16(20)18-8-9-22-3/h4-7,14-15H,8-11H2,1-3H3,(H,18,20)/t14-,15+/m0/s1. The van der Waals surface area contributed by atoms with Gasteiger partial charge in [-0.3, -0.25) is 9.59 Å². The molecule has 1 aromatic rings. The van der Waals surface area contributed by atoms with Gasteiger partial charge in [-0.05, 0) is 30.4 Å². The molecule has 5 heteroatoms. The second-order valence-electron chi connectivity index (χ2n) is 5.84. The molecule has 1 fully saturated rings. The van der Waals surface area contributed by atoms with Crippen LogP contribution in [0.4, 0.5) is 0 Å². The first-order valence-electron chi connectivity index (χ1n) is 7.60. The molecule has 0 aliphatic heterocycles. The zero-order chi connectivity index (χ0) is 16.1. The molecule has 0 radical (unpaired) electrons. The normalized spacial score (nSPS) is 19.6. The summed E-state index contributed by atoms with van der Waals surface area (Å²) in [6.07, 6.45) is 0.874. The van der Waals surface area contributed by atoms with Crippen molar-refractivity contribution in [3.63, 3.8) is 0 Å². The fourth-order valence-electron chi connectivity index (χ4n) is 2.74. The van der Waals surface area contributed by atoms with Crippen molar-refractivity contribution in [2.24, 2.45) is 5.92 Å². The Labute approximate surface area is 131 Å². The summed E-state index contributed by atoms with van der Waals surface area (Å²) >= 11 is 0. The van der Waals surface area contributed by atoms with Crippen molar-refractivity contribution >= 4 is 11.8 Å². The van der Waals surface area contributed by atoms with E-state index in [1.807, 2.05) is 12.1 Å². The number of ether oxygens (including phenoxy) is 1. The molecular weight excluding hydrogens is 280 g/mol. The largest absolute Gasteiger partial charge is 0.383 e. The number of hydrogen-bond donors (Lipinski definition) is 1. The van der Waals surface area contributed by atoms with Crippen LogP contribution in [0.25, 0.3) is 0 Å². The molecule has 1 N–H and O–H groups in total. The summed E-state index contributed by atoms with van der Waals surface area (Å²) in [6.45, 7) is 3.11. The first-order valence-corrected chi connectivity index (χ1v) is 7.60. The third-order valence-electron chi connectivity index (χ3n) is 4.08. The van der Waals surface area contributed by atoms with Gasteiger partial charge in [0.15, 0.2) is 0 Å². The van der Waals surface area contributed by atoms with Gasteiger partial charge in [0.1, 0.15) is 0 Å². The third kappa shape index (κ3) is 4.07. The summed E-state index contributed by atoms with van der Waals surface area (Å²) in [4.78, 5) is 25.6. The third-order valence-corrected chi connectivity index (χ3v) is 4.08. The van der Waals surface area contributed by atoms with E-state index in [9.17, 15) is 9.59 Å². The van der Waals surface area contributed by atoms with Crippen LogP contribution >= 0.6 is 0 Å². The smallest absolute Gasteiger partial charge is 0.239 e. The molecule has 1 aliphatic carbocycles. The van der Waals surface area contributed by atoms with Gasteiger partial charge in [0, 0.05) is 26.6 Å². The topological polar surface area (TPSA) is 58.6 Å². The minimum absolute atomic E-state index is 0.0119. The zero-order valence-corrected chi connectivity index (χ0v) is 13.5. The fourth-order valence-corrected chi connectivity index (χ4v) is 2.74. The maximum absolute atomic E-state index is 12.4. The molecule has 0 bridgehead atoms. The number of carbonyl (C=O) groups is 2. The van der Waals surface area contributed by atoms with Gasteiger partial charge >= 0.3 is 0 Å². The van der Waals surface area contributed by atoms with Gasteiger partial charge < -0.3 is 15.0 Å². The molecule has 2 amide bonds. The van der Waals surface area contributed by atoms with Crippen LogP contribution in [-0.2, 0) is 14.3 Å². The van der Waals surface area contributed by atoms with Gasteiger partial charge in [0.25, 0.3) is 0 Å². The number of methoxy groups -OCH3 is 1. The lowest BCUT2D eigenvalue weighted by atomic mass is 10.0. The number of benzene rings is 1. The number of amides is 2. The maximum atomic E-state index is 12.4. The van der Waals surface area contributed by atoms with Gasteiger partial charge in [-0.15, -0.1) is 0 Å². The summed E-state index contributed by atoms with van der Waals surface area (Å²) in [5.41, 5.74) is 2.47. The molecule has 2 rings (SSSR count). The van der Waals surface area contributed by atoms with Gasteiger partial charge in [0.2, 0.25) is 11.8 Å². The molecule has 1 saturated carbocycles. The van der Waals surface area contributed by atoms with E-state index in [2.05, 4.69) is 24.4 Å². The number of rotatable bonds is 7. The summed E-state index contributed by atoms with van der Waals surface area (Å²) in [6, 6.07) is 8.18. The van der Waals surface area contributed by atoms with Crippen LogP contribution in [0, 0.1) is 12.8 Å². The molecule has 0 aromatic heterocycles. The molecule has 0 heterocycles. The Morgan fingerprint density at radius 2 is 2.09 bits per heavy atom. The lowest BCUT2D eigenvalue weighted by Gasteiger charge is -2.17. The van der Waals surface area contributed by atoms with Crippen LogP contribution in [0.1, 0.15) is 23.5 Å². The van der Waals surface area contributed by atoms with E-state index in [4.69, 9.17) is 4.74 Å². The molecule has 120 valence electrons. The van der Waals surface area contributed by atoms with Crippen LogP contribution in [0.3, 0.4) is 0 Å². The van der Waals surface area contributed by atoms with Crippen LogP contribution in [0.5, 0.6) is 0 Å². The maximum Gasteiger partial charge on any atom is 0.239 e. The average Bonchev–Trinajstić information content (AvgIpc) is 3.27. The molecule has 2 atom stereocenters. The van der Waals surface area contributed by atoms with E-state index >= 15 is 0 Å². The number of aryl methyl sites for hydroxylation is 1. The Hall–Kier alpha value is -1.88.